The number of carboxylic acids is 1. The van der Waals surface area contributed by atoms with Crippen LogP contribution in [0.3, 0.4) is 0 Å². The molecule has 114 valence electrons. The van der Waals surface area contributed by atoms with Crippen LogP contribution in [-0.4, -0.2) is 48.7 Å². The Kier molecular flexibility index (Phi) is 4.29. The molecule has 1 aliphatic carbocycles. The molecule has 0 amide bonds. The molecule has 2 atom stereocenters. The highest BCUT2D eigenvalue weighted by atomic mass is 35.5. The van der Waals surface area contributed by atoms with Gasteiger partial charge in [0.1, 0.15) is 0 Å². The number of carboxylic acid groups (broad SMARTS) is 1. The number of benzene rings is 1. The molecular formula is C15H18Cl2N2O2. The lowest BCUT2D eigenvalue weighted by atomic mass is 10.2. The van der Waals surface area contributed by atoms with E-state index >= 15 is 0 Å². The highest BCUT2D eigenvalue weighted by Gasteiger charge is 2.43. The van der Waals surface area contributed by atoms with Gasteiger partial charge >= 0.3 is 5.97 Å². The van der Waals surface area contributed by atoms with E-state index in [1.807, 2.05) is 18.2 Å². The van der Waals surface area contributed by atoms with Crippen molar-refractivity contribution < 1.29 is 9.90 Å². The highest BCUT2D eigenvalue weighted by molar-refractivity contribution is 6.42. The van der Waals surface area contributed by atoms with Crippen LogP contribution in [0.25, 0.3) is 0 Å². The molecule has 1 saturated heterocycles. The van der Waals surface area contributed by atoms with Crippen molar-refractivity contribution in [2.45, 2.75) is 6.42 Å². The fraction of sp³-hybridized carbons (Fsp3) is 0.533. The van der Waals surface area contributed by atoms with Crippen molar-refractivity contribution in [2.75, 3.05) is 37.6 Å². The molecule has 4 nitrogen and oxygen atoms in total. The van der Waals surface area contributed by atoms with Crippen LogP contribution in [-0.2, 0) is 4.79 Å². The van der Waals surface area contributed by atoms with Crippen LogP contribution in [0, 0.1) is 11.8 Å². The molecule has 1 saturated carbocycles. The summed E-state index contributed by atoms with van der Waals surface area (Å²) in [4.78, 5) is 15.5. The van der Waals surface area contributed by atoms with Gasteiger partial charge in [-0.25, -0.2) is 0 Å². The van der Waals surface area contributed by atoms with E-state index in [0.717, 1.165) is 44.8 Å². The first kappa shape index (κ1) is 14.9. The van der Waals surface area contributed by atoms with Gasteiger partial charge < -0.3 is 10.0 Å². The number of nitrogens with zero attached hydrogens (tertiary/aromatic N) is 2. The van der Waals surface area contributed by atoms with Crippen molar-refractivity contribution in [3.8, 4) is 0 Å². The molecule has 2 unspecified atom stereocenters. The summed E-state index contributed by atoms with van der Waals surface area (Å²) >= 11 is 12.0. The molecule has 0 radical (unpaired) electrons. The zero-order valence-electron chi connectivity index (χ0n) is 11.6. The number of anilines is 1. The Balaban J connectivity index is 1.51. The lowest BCUT2D eigenvalue weighted by Crippen LogP contribution is -2.47. The summed E-state index contributed by atoms with van der Waals surface area (Å²) in [5.74, 6) is -0.411. The van der Waals surface area contributed by atoms with Crippen molar-refractivity contribution in [1.82, 2.24) is 4.90 Å². The summed E-state index contributed by atoms with van der Waals surface area (Å²) in [6.07, 6.45) is 0.836. The van der Waals surface area contributed by atoms with Crippen LogP contribution in [0.4, 0.5) is 5.69 Å². The molecule has 0 aromatic heterocycles. The van der Waals surface area contributed by atoms with Crippen LogP contribution in [0.15, 0.2) is 18.2 Å². The topological polar surface area (TPSA) is 43.8 Å². The zero-order chi connectivity index (χ0) is 15.0. The number of carbonyl (C=O) groups is 1. The molecule has 6 heteroatoms. The van der Waals surface area contributed by atoms with Gasteiger partial charge in [0.05, 0.1) is 16.0 Å². The smallest absolute Gasteiger partial charge is 0.306 e. The van der Waals surface area contributed by atoms with E-state index in [0.29, 0.717) is 16.0 Å². The Morgan fingerprint density at radius 3 is 2.48 bits per heavy atom. The van der Waals surface area contributed by atoms with E-state index in [1.165, 1.54) is 0 Å². The van der Waals surface area contributed by atoms with Gasteiger partial charge in [0.2, 0.25) is 0 Å². The Bertz CT molecular complexity index is 544. The van der Waals surface area contributed by atoms with Gasteiger partial charge in [0, 0.05) is 38.4 Å². The van der Waals surface area contributed by atoms with Gasteiger partial charge in [-0.1, -0.05) is 23.2 Å². The minimum Gasteiger partial charge on any atom is -0.481 e. The number of piperazine rings is 1. The van der Waals surface area contributed by atoms with Gasteiger partial charge in [0.15, 0.2) is 0 Å². The summed E-state index contributed by atoms with van der Waals surface area (Å²) in [5, 5.41) is 10.1. The SMILES string of the molecule is O=C(O)C1CC1CN1CCN(c2ccc(Cl)c(Cl)c2)CC1. The summed E-state index contributed by atoms with van der Waals surface area (Å²) in [7, 11) is 0. The maximum absolute atomic E-state index is 10.9. The molecule has 2 aliphatic rings. The lowest BCUT2D eigenvalue weighted by Gasteiger charge is -2.36. The van der Waals surface area contributed by atoms with E-state index in [2.05, 4.69) is 9.80 Å². The normalized spacial score (nSPS) is 25.9. The maximum Gasteiger partial charge on any atom is 0.306 e. The molecule has 0 bridgehead atoms. The number of hydrogen-bond donors (Lipinski definition) is 1. The second-order valence-electron chi connectivity index (χ2n) is 5.83. The standard InChI is InChI=1S/C15H18Cl2N2O2/c16-13-2-1-11(8-14(13)17)19-5-3-18(4-6-19)9-10-7-12(10)15(20)21/h1-2,8,10,12H,3-7,9H2,(H,20,21). The molecule has 1 aliphatic heterocycles. The highest BCUT2D eigenvalue weighted by Crippen LogP contribution is 2.39. The predicted molar refractivity (Wildman–Crippen MR) is 84.3 cm³/mol. The van der Waals surface area contributed by atoms with Crippen molar-refractivity contribution in [1.29, 1.82) is 0 Å². The molecule has 1 N–H and O–H groups in total. The number of aliphatic carboxylic acids is 1. The number of halogens is 2. The number of rotatable bonds is 4. The Labute approximate surface area is 134 Å². The first-order valence-electron chi connectivity index (χ1n) is 7.20. The van der Waals surface area contributed by atoms with E-state index in [9.17, 15) is 4.79 Å². The largest absolute Gasteiger partial charge is 0.481 e. The summed E-state index contributed by atoms with van der Waals surface area (Å²) in [6.45, 7) is 4.70. The Morgan fingerprint density at radius 1 is 1.19 bits per heavy atom. The summed E-state index contributed by atoms with van der Waals surface area (Å²) in [5.41, 5.74) is 1.10. The van der Waals surface area contributed by atoms with Crippen LogP contribution >= 0.6 is 23.2 Å². The van der Waals surface area contributed by atoms with Crippen molar-refractivity contribution in [3.63, 3.8) is 0 Å². The second kappa shape index (κ2) is 6.03. The lowest BCUT2D eigenvalue weighted by molar-refractivity contribution is -0.138. The van der Waals surface area contributed by atoms with Gasteiger partial charge in [0.25, 0.3) is 0 Å². The van der Waals surface area contributed by atoms with E-state index in [-0.39, 0.29) is 5.92 Å². The maximum atomic E-state index is 10.9. The van der Waals surface area contributed by atoms with Crippen LogP contribution < -0.4 is 4.90 Å². The van der Waals surface area contributed by atoms with Gasteiger partial charge in [-0.05, 0) is 30.5 Å². The first-order valence-corrected chi connectivity index (χ1v) is 7.95. The van der Waals surface area contributed by atoms with Crippen LogP contribution in [0.5, 0.6) is 0 Å². The van der Waals surface area contributed by atoms with Crippen molar-refractivity contribution in [3.05, 3.63) is 28.2 Å². The van der Waals surface area contributed by atoms with Gasteiger partial charge in [-0.3, -0.25) is 9.69 Å². The third-order valence-electron chi connectivity index (χ3n) is 4.37. The van der Waals surface area contributed by atoms with E-state index in [1.54, 1.807) is 0 Å². The summed E-state index contributed by atoms with van der Waals surface area (Å²) in [6, 6.07) is 5.72. The monoisotopic (exact) mass is 328 g/mol. The molecular weight excluding hydrogens is 311 g/mol. The van der Waals surface area contributed by atoms with Crippen molar-refractivity contribution >= 4 is 34.9 Å². The average molecular weight is 329 g/mol. The fourth-order valence-corrected chi connectivity index (χ4v) is 3.25. The van der Waals surface area contributed by atoms with Gasteiger partial charge in [-0.15, -0.1) is 0 Å². The quantitative estimate of drug-likeness (QED) is 0.923. The minimum atomic E-state index is -0.644. The Hall–Kier alpha value is -0.970. The van der Waals surface area contributed by atoms with Crippen LogP contribution in [0.1, 0.15) is 6.42 Å². The molecule has 1 aromatic carbocycles. The minimum absolute atomic E-state index is 0.113. The number of hydrogen-bond acceptors (Lipinski definition) is 3. The molecule has 1 aromatic rings. The first-order chi connectivity index (χ1) is 10.0. The average Bonchev–Trinajstić information content (AvgIpc) is 3.22. The second-order valence-corrected chi connectivity index (χ2v) is 6.64. The molecule has 21 heavy (non-hydrogen) atoms. The third-order valence-corrected chi connectivity index (χ3v) is 5.11. The molecule has 3 rings (SSSR count). The fourth-order valence-electron chi connectivity index (χ4n) is 2.95. The van der Waals surface area contributed by atoms with E-state index < -0.39 is 5.97 Å². The van der Waals surface area contributed by atoms with Crippen molar-refractivity contribution in [2.24, 2.45) is 11.8 Å². The zero-order valence-corrected chi connectivity index (χ0v) is 13.1. The van der Waals surface area contributed by atoms with Gasteiger partial charge in [-0.2, -0.15) is 0 Å². The third kappa shape index (κ3) is 3.44. The predicted octanol–water partition coefficient (Wildman–Crippen LogP) is 2.84. The van der Waals surface area contributed by atoms with Crippen LogP contribution in [0.2, 0.25) is 10.0 Å². The van der Waals surface area contributed by atoms with E-state index in [4.69, 9.17) is 28.3 Å². The molecule has 1 heterocycles. The summed E-state index contributed by atoms with van der Waals surface area (Å²) < 4.78 is 0. The Morgan fingerprint density at radius 2 is 1.90 bits per heavy atom. The molecule has 2 fully saturated rings. The molecule has 0 spiro atoms.